The highest BCUT2D eigenvalue weighted by atomic mass is 32.2. The molecule has 0 amide bonds. The Labute approximate surface area is 57.9 Å². The minimum atomic E-state index is 0.415. The van der Waals surface area contributed by atoms with Crippen molar-refractivity contribution in [2.24, 2.45) is 9.39 Å². The molecule has 0 aliphatic carbocycles. The van der Waals surface area contributed by atoms with Gasteiger partial charge in [0.05, 0.1) is 19.2 Å². The average molecular weight is 145 g/mol. The molecule has 0 aromatic carbocycles. The summed E-state index contributed by atoms with van der Waals surface area (Å²) in [5.41, 5.74) is 0. The highest BCUT2D eigenvalue weighted by Crippen LogP contribution is 2.10. The highest BCUT2D eigenvalue weighted by molar-refractivity contribution is 7.96. The molecule has 0 fully saturated rings. The Morgan fingerprint density at radius 3 is 3.00 bits per heavy atom. The van der Waals surface area contributed by atoms with E-state index in [-0.39, 0.29) is 0 Å². The van der Waals surface area contributed by atoms with Gasteiger partial charge in [0.25, 0.3) is 0 Å². The maximum Gasteiger partial charge on any atom is 0.326 e. The molecule has 0 aromatic rings. The Bertz CT molecular complexity index is 156. The summed E-state index contributed by atoms with van der Waals surface area (Å²) in [4.78, 5) is 3.84. The van der Waals surface area contributed by atoms with Crippen molar-refractivity contribution in [3.8, 4) is 0 Å². The number of hydrogen-bond donors (Lipinski definition) is 0. The second-order valence-electron chi connectivity index (χ2n) is 1.45. The lowest BCUT2D eigenvalue weighted by atomic mass is 11.0. The van der Waals surface area contributed by atoms with E-state index in [1.807, 2.05) is 7.05 Å². The van der Waals surface area contributed by atoms with Crippen LogP contribution in [0.4, 0.5) is 0 Å². The third-order valence-electron chi connectivity index (χ3n) is 0.761. The highest BCUT2D eigenvalue weighted by Gasteiger charge is 2.01. The van der Waals surface area contributed by atoms with Crippen LogP contribution in [0.15, 0.2) is 9.39 Å². The van der Waals surface area contributed by atoms with Crippen LogP contribution in [0.1, 0.15) is 0 Å². The van der Waals surface area contributed by atoms with Crippen LogP contribution in [0.5, 0.6) is 0 Å². The van der Waals surface area contributed by atoms with Gasteiger partial charge in [0.15, 0.2) is 0 Å². The van der Waals surface area contributed by atoms with Gasteiger partial charge in [-0.2, -0.15) is 4.99 Å². The third kappa shape index (κ3) is 1.60. The van der Waals surface area contributed by atoms with E-state index >= 15 is 0 Å². The van der Waals surface area contributed by atoms with Crippen molar-refractivity contribution in [3.05, 3.63) is 0 Å². The van der Waals surface area contributed by atoms with Crippen LogP contribution in [0, 0.1) is 0 Å². The van der Waals surface area contributed by atoms with Crippen LogP contribution in [0.2, 0.25) is 0 Å². The van der Waals surface area contributed by atoms with Crippen molar-refractivity contribution >= 4 is 24.5 Å². The summed E-state index contributed by atoms with van der Waals surface area (Å²) in [5, 5.41) is 0. The fourth-order valence-corrected chi connectivity index (χ4v) is 0.774. The minimum Gasteiger partial charge on any atom is -0.466 e. The first-order valence-corrected chi connectivity index (χ1v) is 3.12. The van der Waals surface area contributed by atoms with Crippen LogP contribution >= 0.6 is 12.1 Å². The summed E-state index contributed by atoms with van der Waals surface area (Å²) >= 11 is 1.30. The zero-order chi connectivity index (χ0) is 6.69. The molecule has 0 unspecified atom stereocenters. The largest absolute Gasteiger partial charge is 0.466 e. The maximum atomic E-state index is 4.74. The fraction of sp³-hybridized carbons (Fsp3) is 0.500. The molecule has 0 N–H and O–H groups in total. The molecule has 9 heavy (non-hydrogen) atoms. The summed E-state index contributed by atoms with van der Waals surface area (Å²) in [7, 11) is 3.41. The van der Waals surface area contributed by atoms with Crippen molar-refractivity contribution in [1.82, 2.24) is 4.31 Å². The summed E-state index contributed by atoms with van der Waals surface area (Å²) < 4.78 is 10.4. The van der Waals surface area contributed by atoms with E-state index in [1.165, 1.54) is 12.1 Å². The van der Waals surface area contributed by atoms with Gasteiger partial charge in [-0.15, -0.1) is 4.40 Å². The Morgan fingerprint density at radius 1 is 1.78 bits per heavy atom. The molecular formula is C4H7N3OS. The van der Waals surface area contributed by atoms with Crippen LogP contribution in [0.25, 0.3) is 0 Å². The van der Waals surface area contributed by atoms with Crippen LogP contribution in [-0.4, -0.2) is 30.8 Å². The van der Waals surface area contributed by atoms with Crippen molar-refractivity contribution in [2.75, 3.05) is 14.2 Å². The molecule has 0 atom stereocenters. The summed E-state index contributed by atoms with van der Waals surface area (Å²) in [6.07, 6.45) is 1.65. The van der Waals surface area contributed by atoms with E-state index in [2.05, 4.69) is 9.39 Å². The number of ether oxygens (including phenoxy) is 1. The van der Waals surface area contributed by atoms with Crippen LogP contribution in [0.3, 0.4) is 0 Å². The first-order valence-electron chi connectivity index (χ1n) is 2.39. The molecule has 0 saturated carbocycles. The molecular weight excluding hydrogens is 138 g/mol. The van der Waals surface area contributed by atoms with Crippen molar-refractivity contribution < 1.29 is 4.74 Å². The molecule has 1 rings (SSSR count). The maximum absolute atomic E-state index is 4.74. The number of nitrogens with zero attached hydrogens (tertiary/aromatic N) is 3. The molecule has 0 radical (unpaired) electrons. The zero-order valence-electron chi connectivity index (χ0n) is 5.24. The topological polar surface area (TPSA) is 37.2 Å². The molecule has 5 heteroatoms. The molecule has 50 valence electrons. The van der Waals surface area contributed by atoms with Crippen LogP contribution < -0.4 is 0 Å². The predicted molar refractivity (Wildman–Crippen MR) is 38.3 cm³/mol. The van der Waals surface area contributed by atoms with E-state index in [0.717, 1.165) is 0 Å². The Balaban J connectivity index is 2.52. The summed E-state index contributed by atoms with van der Waals surface area (Å²) in [6.45, 7) is 0. The van der Waals surface area contributed by atoms with Gasteiger partial charge < -0.3 is 4.74 Å². The molecule has 1 aliphatic rings. The lowest BCUT2D eigenvalue weighted by Gasteiger charge is -2.10. The van der Waals surface area contributed by atoms with Crippen molar-refractivity contribution in [2.45, 2.75) is 0 Å². The number of rotatable bonds is 0. The molecule has 0 aromatic heterocycles. The number of methoxy groups -OCH3 is 1. The van der Waals surface area contributed by atoms with Gasteiger partial charge >= 0.3 is 6.02 Å². The molecule has 0 bridgehead atoms. The molecule has 0 saturated heterocycles. The smallest absolute Gasteiger partial charge is 0.326 e. The van der Waals surface area contributed by atoms with E-state index in [9.17, 15) is 0 Å². The molecule has 1 aliphatic heterocycles. The number of aliphatic imine (C=N–C) groups is 1. The lowest BCUT2D eigenvalue weighted by Crippen LogP contribution is -2.12. The van der Waals surface area contributed by atoms with Gasteiger partial charge in [0.2, 0.25) is 0 Å². The van der Waals surface area contributed by atoms with Gasteiger partial charge in [-0.05, 0) is 0 Å². The minimum absolute atomic E-state index is 0.415. The Hall–Kier alpha value is -0.710. The number of amidine groups is 1. The van der Waals surface area contributed by atoms with E-state index in [0.29, 0.717) is 6.02 Å². The molecule has 1 heterocycles. The van der Waals surface area contributed by atoms with E-state index in [1.54, 1.807) is 17.8 Å². The van der Waals surface area contributed by atoms with Crippen molar-refractivity contribution in [3.63, 3.8) is 0 Å². The monoisotopic (exact) mass is 145 g/mol. The van der Waals surface area contributed by atoms with Crippen LogP contribution in [-0.2, 0) is 4.74 Å². The Morgan fingerprint density at radius 2 is 2.56 bits per heavy atom. The molecule has 4 nitrogen and oxygen atoms in total. The first-order chi connectivity index (χ1) is 4.33. The summed E-state index contributed by atoms with van der Waals surface area (Å²) in [5.74, 6) is 0. The SMILES string of the molecule is COC1=NSN(C)C=N1. The Kier molecular flexibility index (Phi) is 1.94. The predicted octanol–water partition coefficient (Wildman–Crippen LogP) is 0.526. The van der Waals surface area contributed by atoms with Gasteiger partial charge in [-0.1, -0.05) is 0 Å². The normalized spacial score (nSPS) is 17.6. The fourth-order valence-electron chi connectivity index (χ4n) is 0.365. The number of hydrogen-bond acceptors (Lipinski definition) is 5. The lowest BCUT2D eigenvalue weighted by molar-refractivity contribution is 0.398. The average Bonchev–Trinajstić information content (AvgIpc) is 1.90. The quantitative estimate of drug-likeness (QED) is 0.466. The molecule has 0 spiro atoms. The van der Waals surface area contributed by atoms with Gasteiger partial charge in [-0.3, -0.25) is 4.31 Å². The summed E-state index contributed by atoms with van der Waals surface area (Å²) in [6, 6.07) is 0.415. The second kappa shape index (κ2) is 2.72. The van der Waals surface area contributed by atoms with Gasteiger partial charge in [0, 0.05) is 7.05 Å². The van der Waals surface area contributed by atoms with E-state index in [4.69, 9.17) is 4.74 Å². The zero-order valence-corrected chi connectivity index (χ0v) is 6.05. The first kappa shape index (κ1) is 6.41. The third-order valence-corrected chi connectivity index (χ3v) is 1.35. The van der Waals surface area contributed by atoms with Gasteiger partial charge in [-0.25, -0.2) is 0 Å². The second-order valence-corrected chi connectivity index (χ2v) is 2.37. The van der Waals surface area contributed by atoms with Crippen molar-refractivity contribution in [1.29, 1.82) is 0 Å². The standard InChI is InChI=1S/C4H7N3OS/c1-7-3-5-4(8-2)6-9-7/h3H,1-2H3. The van der Waals surface area contributed by atoms with E-state index < -0.39 is 0 Å². The van der Waals surface area contributed by atoms with Gasteiger partial charge in [0.1, 0.15) is 6.34 Å².